The van der Waals surface area contributed by atoms with Crippen LogP contribution in [0, 0.1) is 12.8 Å². The van der Waals surface area contributed by atoms with Gasteiger partial charge in [0, 0.05) is 31.8 Å². The van der Waals surface area contributed by atoms with Gasteiger partial charge in [0.05, 0.1) is 40.5 Å². The molecule has 2 aliphatic rings. The second kappa shape index (κ2) is 6.96. The maximum Gasteiger partial charge on any atom is 0.418 e. The summed E-state index contributed by atoms with van der Waals surface area (Å²) < 4.78 is 46.7. The first-order valence-electron chi connectivity index (χ1n) is 8.93. The number of aliphatic hydroxyl groups is 1. The second-order valence-electron chi connectivity index (χ2n) is 7.37. The predicted octanol–water partition coefficient (Wildman–Crippen LogP) is 2.67. The lowest BCUT2D eigenvalue weighted by molar-refractivity contribution is -0.137. The van der Waals surface area contributed by atoms with Gasteiger partial charge in [0.1, 0.15) is 5.82 Å². The first-order chi connectivity index (χ1) is 13.6. The van der Waals surface area contributed by atoms with Crippen LogP contribution >= 0.6 is 11.6 Å². The van der Waals surface area contributed by atoms with Crippen molar-refractivity contribution in [3.63, 3.8) is 0 Å². The number of hydrogen-bond acceptors (Lipinski definition) is 5. The smallest absolute Gasteiger partial charge is 0.390 e. The van der Waals surface area contributed by atoms with Crippen molar-refractivity contribution in [2.24, 2.45) is 13.0 Å². The fourth-order valence-electron chi connectivity index (χ4n) is 4.29. The van der Waals surface area contributed by atoms with E-state index in [0.717, 1.165) is 11.8 Å². The highest BCUT2D eigenvalue weighted by Gasteiger charge is 2.57. The Bertz CT molecular complexity index is 964. The maximum atomic E-state index is 13.1. The van der Waals surface area contributed by atoms with E-state index in [9.17, 15) is 23.1 Å². The minimum absolute atomic E-state index is 0.253. The monoisotopic (exact) mass is 430 g/mol. The molecule has 0 spiro atoms. The van der Waals surface area contributed by atoms with E-state index in [0.29, 0.717) is 11.8 Å². The molecule has 11 heteroatoms. The predicted molar refractivity (Wildman–Crippen MR) is 96.3 cm³/mol. The zero-order valence-electron chi connectivity index (χ0n) is 15.4. The number of nitrogens with one attached hydrogen (secondary N) is 1. The van der Waals surface area contributed by atoms with Crippen molar-refractivity contribution < 1.29 is 27.8 Å². The zero-order valence-corrected chi connectivity index (χ0v) is 16.2. The molecule has 156 valence electrons. The van der Waals surface area contributed by atoms with Crippen LogP contribution in [0.2, 0.25) is 5.02 Å². The average molecular weight is 431 g/mol. The molecule has 29 heavy (non-hydrogen) atoms. The third-order valence-corrected chi connectivity index (χ3v) is 5.75. The van der Waals surface area contributed by atoms with Crippen LogP contribution in [0.15, 0.2) is 18.5 Å². The van der Waals surface area contributed by atoms with Crippen LogP contribution in [0.5, 0.6) is 0 Å². The van der Waals surface area contributed by atoms with E-state index >= 15 is 0 Å². The van der Waals surface area contributed by atoms with Crippen molar-refractivity contribution in [3.8, 4) is 0 Å². The second-order valence-corrected chi connectivity index (χ2v) is 7.78. The van der Waals surface area contributed by atoms with Crippen LogP contribution in [-0.4, -0.2) is 44.1 Å². The van der Waals surface area contributed by atoms with Gasteiger partial charge in [0.2, 0.25) is 5.91 Å². The normalized spacial score (nSPS) is 28.7. The fourth-order valence-corrected chi connectivity index (χ4v) is 4.50. The molecule has 7 nitrogen and oxygen atoms in total. The first kappa shape index (κ1) is 20.1. The van der Waals surface area contributed by atoms with Gasteiger partial charge in [-0.25, -0.2) is 4.98 Å². The molecule has 1 amide bonds. The minimum atomic E-state index is -4.67. The molecule has 0 aliphatic carbocycles. The Morgan fingerprint density at radius 1 is 1.45 bits per heavy atom. The Labute approximate surface area is 168 Å². The SMILES string of the molecule is Cc1nn(C)cc1C1[C@@H]2O[C@@H](C[C@H]2O)[C@H]1C(=O)Nc1cc(C(F)(F)F)c(Cl)cn1. The molecule has 2 aromatic rings. The third kappa shape index (κ3) is 3.49. The minimum Gasteiger partial charge on any atom is -0.390 e. The number of fused-ring (bicyclic) bond motifs is 2. The van der Waals surface area contributed by atoms with E-state index in [-0.39, 0.29) is 12.2 Å². The highest BCUT2D eigenvalue weighted by molar-refractivity contribution is 6.31. The summed E-state index contributed by atoms with van der Waals surface area (Å²) in [5.74, 6) is -1.94. The molecule has 2 saturated heterocycles. The number of hydrogen-bond donors (Lipinski definition) is 2. The molecule has 2 aromatic heterocycles. The summed E-state index contributed by atoms with van der Waals surface area (Å²) in [5.41, 5.74) is 0.380. The van der Waals surface area contributed by atoms with Crippen LogP contribution < -0.4 is 5.32 Å². The lowest BCUT2D eigenvalue weighted by Gasteiger charge is -2.29. The standard InChI is InChI=1S/C18H18ClF3N4O3/c1-7-8(6-26(2)25-7)14-15(12-4-11(27)16(14)29-12)17(28)24-13-3-9(18(20,21)22)10(19)5-23-13/h3,5-6,11-12,14-16,27H,4H2,1-2H3,(H,23,24,28)/t11-,12+,14?,15-,16-/m1/s1. The number of aliphatic hydroxyl groups excluding tert-OH is 1. The Morgan fingerprint density at radius 2 is 2.17 bits per heavy atom. The molecular formula is C18H18ClF3N4O3. The Balaban J connectivity index is 1.63. The summed E-state index contributed by atoms with van der Waals surface area (Å²) in [6.07, 6.45) is -3.63. The maximum absolute atomic E-state index is 13.1. The van der Waals surface area contributed by atoms with E-state index in [1.807, 2.05) is 0 Å². The van der Waals surface area contributed by atoms with Gasteiger partial charge in [-0.2, -0.15) is 18.3 Å². The summed E-state index contributed by atoms with van der Waals surface area (Å²) in [6, 6.07) is 0.702. The summed E-state index contributed by atoms with van der Waals surface area (Å²) in [6.45, 7) is 1.79. The molecule has 4 heterocycles. The Kier molecular flexibility index (Phi) is 4.83. The number of amides is 1. The highest BCUT2D eigenvalue weighted by Crippen LogP contribution is 2.50. The van der Waals surface area contributed by atoms with E-state index in [2.05, 4.69) is 15.4 Å². The van der Waals surface area contributed by atoms with E-state index in [4.69, 9.17) is 16.3 Å². The number of alkyl halides is 3. The van der Waals surface area contributed by atoms with Crippen LogP contribution in [0.25, 0.3) is 0 Å². The van der Waals surface area contributed by atoms with E-state index in [1.165, 1.54) is 0 Å². The number of anilines is 1. The van der Waals surface area contributed by atoms with Gasteiger partial charge < -0.3 is 15.2 Å². The van der Waals surface area contributed by atoms with Gasteiger partial charge in [-0.1, -0.05) is 11.6 Å². The highest BCUT2D eigenvalue weighted by atomic mass is 35.5. The topological polar surface area (TPSA) is 89.3 Å². The number of ether oxygens (including phenoxy) is 1. The molecule has 2 fully saturated rings. The molecule has 2 bridgehead atoms. The Hall–Kier alpha value is -2.17. The number of carbonyl (C=O) groups excluding carboxylic acids is 1. The van der Waals surface area contributed by atoms with Crippen LogP contribution in [0.3, 0.4) is 0 Å². The molecular weight excluding hydrogens is 413 g/mol. The van der Waals surface area contributed by atoms with Gasteiger partial charge in [0.15, 0.2) is 0 Å². The quantitative estimate of drug-likeness (QED) is 0.781. The molecule has 1 unspecified atom stereocenters. The van der Waals surface area contributed by atoms with Crippen molar-refractivity contribution >= 4 is 23.3 Å². The summed E-state index contributed by atoms with van der Waals surface area (Å²) >= 11 is 5.58. The summed E-state index contributed by atoms with van der Waals surface area (Å²) in [4.78, 5) is 16.8. The van der Waals surface area contributed by atoms with Crippen molar-refractivity contribution in [2.45, 2.75) is 43.8 Å². The lowest BCUT2D eigenvalue weighted by atomic mass is 9.74. The molecule has 2 aliphatic heterocycles. The van der Waals surface area contributed by atoms with Crippen LogP contribution in [-0.2, 0) is 22.8 Å². The van der Waals surface area contributed by atoms with Gasteiger partial charge in [-0.3, -0.25) is 9.48 Å². The fraction of sp³-hybridized carbons (Fsp3) is 0.500. The number of rotatable bonds is 3. The molecule has 2 N–H and O–H groups in total. The Morgan fingerprint density at radius 3 is 2.79 bits per heavy atom. The van der Waals surface area contributed by atoms with Crippen molar-refractivity contribution in [2.75, 3.05) is 5.32 Å². The third-order valence-electron chi connectivity index (χ3n) is 5.45. The van der Waals surface area contributed by atoms with Gasteiger partial charge >= 0.3 is 6.18 Å². The number of pyridine rings is 1. The number of aryl methyl sites for hydroxylation is 2. The van der Waals surface area contributed by atoms with Crippen LogP contribution in [0.1, 0.15) is 29.2 Å². The molecule has 0 radical (unpaired) electrons. The van der Waals surface area contributed by atoms with E-state index < -0.39 is 52.8 Å². The average Bonchev–Trinajstić information content (AvgIpc) is 3.26. The number of aromatic nitrogens is 3. The number of halogens is 4. The molecule has 5 atom stereocenters. The van der Waals surface area contributed by atoms with Crippen molar-refractivity contribution in [1.82, 2.24) is 14.8 Å². The summed E-state index contributed by atoms with van der Waals surface area (Å²) in [7, 11) is 1.74. The number of nitrogens with zero attached hydrogens (tertiary/aromatic N) is 3. The van der Waals surface area contributed by atoms with Crippen molar-refractivity contribution in [3.05, 3.63) is 40.3 Å². The zero-order chi connectivity index (χ0) is 21.1. The molecule has 4 rings (SSSR count). The first-order valence-corrected chi connectivity index (χ1v) is 9.31. The van der Waals surface area contributed by atoms with E-state index in [1.54, 1.807) is 24.9 Å². The van der Waals surface area contributed by atoms with Gasteiger partial charge in [-0.15, -0.1) is 0 Å². The largest absolute Gasteiger partial charge is 0.418 e. The van der Waals surface area contributed by atoms with Gasteiger partial charge in [0.25, 0.3) is 0 Å². The van der Waals surface area contributed by atoms with Crippen molar-refractivity contribution in [1.29, 1.82) is 0 Å². The number of carbonyl (C=O) groups is 1. The van der Waals surface area contributed by atoms with Gasteiger partial charge in [-0.05, 0) is 18.6 Å². The lowest BCUT2D eigenvalue weighted by Crippen LogP contribution is -2.41. The molecule has 0 aromatic carbocycles. The molecule has 0 saturated carbocycles. The van der Waals surface area contributed by atoms with Crippen LogP contribution in [0.4, 0.5) is 19.0 Å². The summed E-state index contributed by atoms with van der Waals surface area (Å²) in [5, 5.41) is 16.4.